The molecule has 0 saturated heterocycles. The molecule has 2 heterocycles. The third-order valence-corrected chi connectivity index (χ3v) is 3.28. The summed E-state index contributed by atoms with van der Waals surface area (Å²) in [5, 5.41) is 16.2. The van der Waals surface area contributed by atoms with Crippen molar-refractivity contribution in [1.82, 2.24) is 20.6 Å². The van der Waals surface area contributed by atoms with Gasteiger partial charge in [-0.3, -0.25) is 4.79 Å². The van der Waals surface area contributed by atoms with Gasteiger partial charge in [0.2, 0.25) is 5.91 Å². The van der Waals surface area contributed by atoms with Crippen LogP contribution in [0.5, 0.6) is 0 Å². The molecule has 0 radical (unpaired) electrons. The summed E-state index contributed by atoms with van der Waals surface area (Å²) in [7, 11) is 0. The summed E-state index contributed by atoms with van der Waals surface area (Å²) < 4.78 is 4.95. The lowest BCUT2D eigenvalue weighted by Gasteiger charge is -2.04. The average Bonchev–Trinajstić information content (AvgIpc) is 2.99. The minimum absolute atomic E-state index is 0.0181. The van der Waals surface area contributed by atoms with Crippen LogP contribution < -0.4 is 5.32 Å². The summed E-state index contributed by atoms with van der Waals surface area (Å²) in [5.74, 6) is -0.487. The number of amides is 1. The Morgan fingerprint density at radius 1 is 1.50 bits per heavy atom. The third kappa shape index (κ3) is 3.38. The van der Waals surface area contributed by atoms with Gasteiger partial charge in [-0.15, -0.1) is 21.5 Å². The number of aromatic amines is 1. The van der Waals surface area contributed by atoms with E-state index >= 15 is 0 Å². The van der Waals surface area contributed by atoms with E-state index < -0.39 is 5.97 Å². The molecule has 0 aromatic carbocycles. The van der Waals surface area contributed by atoms with Crippen LogP contribution in [-0.4, -0.2) is 39.1 Å². The number of hydrogen-bond donors (Lipinski definition) is 2. The van der Waals surface area contributed by atoms with Gasteiger partial charge in [0.15, 0.2) is 5.82 Å². The van der Waals surface area contributed by atoms with Crippen molar-refractivity contribution >= 4 is 28.2 Å². The van der Waals surface area contributed by atoms with E-state index in [2.05, 4.69) is 25.9 Å². The Labute approximate surface area is 118 Å². The highest BCUT2D eigenvalue weighted by atomic mass is 32.1. The molecular weight excluding hydrogens is 282 g/mol. The number of rotatable bonds is 5. The van der Waals surface area contributed by atoms with Gasteiger partial charge in [-0.1, -0.05) is 5.21 Å². The van der Waals surface area contributed by atoms with E-state index in [1.807, 2.05) is 6.92 Å². The lowest BCUT2D eigenvalue weighted by Crippen LogP contribution is -2.16. The highest BCUT2D eigenvalue weighted by Gasteiger charge is 2.18. The molecule has 0 spiro atoms. The Morgan fingerprint density at radius 3 is 2.95 bits per heavy atom. The number of nitrogens with one attached hydrogen (secondary N) is 2. The summed E-state index contributed by atoms with van der Waals surface area (Å²) in [5.41, 5.74) is 0.357. The molecule has 0 aliphatic rings. The van der Waals surface area contributed by atoms with Crippen molar-refractivity contribution in [3.63, 3.8) is 0 Å². The third-order valence-electron chi connectivity index (χ3n) is 2.31. The van der Waals surface area contributed by atoms with Gasteiger partial charge < -0.3 is 10.1 Å². The molecule has 0 atom stereocenters. The molecule has 2 aromatic rings. The van der Waals surface area contributed by atoms with Gasteiger partial charge in [-0.05, 0) is 19.9 Å². The van der Waals surface area contributed by atoms with E-state index in [4.69, 9.17) is 4.74 Å². The van der Waals surface area contributed by atoms with Crippen LogP contribution in [0.4, 0.5) is 5.00 Å². The number of nitrogens with zero attached hydrogens (tertiary/aromatic N) is 3. The van der Waals surface area contributed by atoms with Crippen LogP contribution in [0.25, 0.3) is 0 Å². The molecule has 2 N–H and O–H groups in total. The van der Waals surface area contributed by atoms with Crippen molar-refractivity contribution in [2.45, 2.75) is 20.3 Å². The second kappa shape index (κ2) is 6.24. The van der Waals surface area contributed by atoms with Crippen molar-refractivity contribution in [1.29, 1.82) is 0 Å². The maximum absolute atomic E-state index is 11.8. The first-order valence-corrected chi connectivity index (χ1v) is 6.71. The lowest BCUT2D eigenvalue weighted by atomic mass is 10.3. The number of anilines is 1. The Hall–Kier alpha value is -2.29. The lowest BCUT2D eigenvalue weighted by molar-refractivity contribution is -0.115. The van der Waals surface area contributed by atoms with Crippen molar-refractivity contribution in [2.24, 2.45) is 0 Å². The highest BCUT2D eigenvalue weighted by molar-refractivity contribution is 7.16. The zero-order valence-corrected chi connectivity index (χ0v) is 11.8. The normalized spacial score (nSPS) is 10.3. The van der Waals surface area contributed by atoms with Gasteiger partial charge in [0.1, 0.15) is 5.00 Å². The summed E-state index contributed by atoms with van der Waals surface area (Å²) in [6.07, 6.45) is -0.0181. The Kier molecular flexibility index (Phi) is 4.41. The molecule has 1 amide bonds. The molecule has 9 heteroatoms. The number of tetrazole rings is 1. The van der Waals surface area contributed by atoms with E-state index in [9.17, 15) is 9.59 Å². The minimum atomic E-state index is -0.452. The van der Waals surface area contributed by atoms with Crippen LogP contribution in [0.15, 0.2) is 6.07 Å². The maximum Gasteiger partial charge on any atom is 0.341 e. The van der Waals surface area contributed by atoms with E-state index in [1.165, 1.54) is 11.3 Å². The van der Waals surface area contributed by atoms with Gasteiger partial charge in [0, 0.05) is 4.88 Å². The van der Waals surface area contributed by atoms with Crippen LogP contribution in [0.3, 0.4) is 0 Å². The van der Waals surface area contributed by atoms with Crippen LogP contribution in [0, 0.1) is 6.92 Å². The Balaban J connectivity index is 2.08. The first-order valence-electron chi connectivity index (χ1n) is 5.90. The number of carbonyl (C=O) groups excluding carboxylic acids is 2. The van der Waals surface area contributed by atoms with E-state index in [0.717, 1.165) is 4.88 Å². The largest absolute Gasteiger partial charge is 0.462 e. The first kappa shape index (κ1) is 14.1. The first-order chi connectivity index (χ1) is 9.60. The molecule has 0 bridgehead atoms. The number of hydrogen-bond acceptors (Lipinski definition) is 7. The molecule has 0 fully saturated rings. The highest BCUT2D eigenvalue weighted by Crippen LogP contribution is 2.28. The number of ether oxygens (including phenoxy) is 1. The summed E-state index contributed by atoms with van der Waals surface area (Å²) in [6, 6.07) is 1.69. The van der Waals surface area contributed by atoms with E-state index in [0.29, 0.717) is 10.6 Å². The number of aryl methyl sites for hydroxylation is 1. The van der Waals surface area contributed by atoms with Crippen LogP contribution >= 0.6 is 11.3 Å². The number of H-pyrrole nitrogens is 1. The molecule has 0 aliphatic carbocycles. The van der Waals surface area contributed by atoms with E-state index in [-0.39, 0.29) is 24.8 Å². The molecule has 0 unspecified atom stereocenters. The monoisotopic (exact) mass is 295 g/mol. The van der Waals surface area contributed by atoms with Crippen LogP contribution in [0.1, 0.15) is 28.0 Å². The fourth-order valence-corrected chi connectivity index (χ4v) is 2.46. The standard InChI is InChI=1S/C11H13N5O3S/c1-3-19-11(18)7-4-6(2)20-10(7)12-9(17)5-8-13-15-16-14-8/h4H,3,5H2,1-2H3,(H,12,17)(H,13,14,15,16). The summed E-state index contributed by atoms with van der Waals surface area (Å²) in [4.78, 5) is 24.5. The molecule has 106 valence electrons. The van der Waals surface area contributed by atoms with Crippen molar-refractivity contribution < 1.29 is 14.3 Å². The Morgan fingerprint density at radius 2 is 2.30 bits per heavy atom. The number of carbonyl (C=O) groups is 2. The fraction of sp³-hybridized carbons (Fsp3) is 0.364. The van der Waals surface area contributed by atoms with Gasteiger partial charge >= 0.3 is 5.97 Å². The van der Waals surface area contributed by atoms with Crippen molar-refractivity contribution in [2.75, 3.05) is 11.9 Å². The topological polar surface area (TPSA) is 110 Å². The molecular formula is C11H13N5O3S. The Bertz CT molecular complexity index is 608. The smallest absolute Gasteiger partial charge is 0.341 e. The van der Waals surface area contributed by atoms with Gasteiger partial charge in [0.05, 0.1) is 18.6 Å². The zero-order chi connectivity index (χ0) is 14.5. The quantitative estimate of drug-likeness (QED) is 0.794. The van der Waals surface area contributed by atoms with Crippen LogP contribution in [0.2, 0.25) is 0 Å². The van der Waals surface area contributed by atoms with Gasteiger partial charge in [-0.25, -0.2) is 4.79 Å². The number of esters is 1. The predicted octanol–water partition coefficient (Wildman–Crippen LogP) is 0.928. The van der Waals surface area contributed by atoms with Gasteiger partial charge in [0.25, 0.3) is 0 Å². The number of thiophene rings is 1. The van der Waals surface area contributed by atoms with Gasteiger partial charge in [-0.2, -0.15) is 5.21 Å². The molecule has 20 heavy (non-hydrogen) atoms. The zero-order valence-electron chi connectivity index (χ0n) is 11.0. The van der Waals surface area contributed by atoms with E-state index in [1.54, 1.807) is 13.0 Å². The summed E-state index contributed by atoms with van der Waals surface area (Å²) >= 11 is 1.31. The average molecular weight is 295 g/mol. The second-order valence-electron chi connectivity index (χ2n) is 3.87. The predicted molar refractivity (Wildman–Crippen MR) is 71.5 cm³/mol. The maximum atomic E-state index is 11.8. The molecule has 0 saturated carbocycles. The minimum Gasteiger partial charge on any atom is -0.462 e. The molecule has 2 rings (SSSR count). The number of aromatic nitrogens is 4. The second-order valence-corrected chi connectivity index (χ2v) is 5.13. The fourth-order valence-electron chi connectivity index (χ4n) is 1.54. The molecule has 8 nitrogen and oxygen atoms in total. The van der Waals surface area contributed by atoms with Crippen LogP contribution in [-0.2, 0) is 16.0 Å². The van der Waals surface area contributed by atoms with Crippen molar-refractivity contribution in [3.8, 4) is 0 Å². The molecule has 2 aromatic heterocycles. The summed E-state index contributed by atoms with van der Waals surface area (Å²) in [6.45, 7) is 3.86. The molecule has 0 aliphatic heterocycles. The SMILES string of the molecule is CCOC(=O)c1cc(C)sc1NC(=O)Cc1nn[nH]n1. The van der Waals surface area contributed by atoms with Crippen molar-refractivity contribution in [3.05, 3.63) is 22.3 Å².